The van der Waals surface area contributed by atoms with Crippen molar-refractivity contribution in [1.82, 2.24) is 0 Å². The molecular weight excluding hydrogens is 204 g/mol. The maximum atomic E-state index is 8.42. The molecule has 0 radical (unpaired) electrons. The van der Waals surface area contributed by atoms with Gasteiger partial charge < -0.3 is 5.73 Å². The molecular formula is C8H9BrN2. The van der Waals surface area contributed by atoms with Crippen LogP contribution in [0.3, 0.4) is 0 Å². The summed E-state index contributed by atoms with van der Waals surface area (Å²) >= 11 is 0. The maximum absolute atomic E-state index is 8.42. The molecule has 0 amide bonds. The van der Waals surface area contributed by atoms with Crippen molar-refractivity contribution in [2.24, 2.45) is 5.73 Å². The molecule has 0 saturated carbocycles. The number of hydrogen-bond donors (Lipinski definition) is 1. The summed E-state index contributed by atoms with van der Waals surface area (Å²) in [6, 6.07) is 9.29. The molecule has 1 rings (SSSR count). The van der Waals surface area contributed by atoms with Gasteiger partial charge in [0.15, 0.2) is 0 Å². The van der Waals surface area contributed by atoms with E-state index in [2.05, 4.69) is 0 Å². The number of nitrogens with zero attached hydrogens (tertiary/aromatic N) is 1. The number of rotatable bonds is 1. The van der Waals surface area contributed by atoms with Crippen LogP contribution < -0.4 is 5.73 Å². The monoisotopic (exact) mass is 212 g/mol. The molecule has 58 valence electrons. The van der Waals surface area contributed by atoms with Crippen molar-refractivity contribution in [3.8, 4) is 6.07 Å². The smallest absolute Gasteiger partial charge is 0.0991 e. The van der Waals surface area contributed by atoms with Crippen LogP contribution in [0.15, 0.2) is 24.3 Å². The Hall–Kier alpha value is -0.850. The lowest BCUT2D eigenvalue weighted by Gasteiger charge is -1.93. The van der Waals surface area contributed by atoms with Gasteiger partial charge >= 0.3 is 0 Å². The van der Waals surface area contributed by atoms with E-state index < -0.39 is 0 Å². The highest BCUT2D eigenvalue weighted by atomic mass is 79.9. The van der Waals surface area contributed by atoms with Crippen LogP contribution in [0.1, 0.15) is 11.1 Å². The van der Waals surface area contributed by atoms with Crippen LogP contribution in [-0.4, -0.2) is 0 Å². The molecule has 0 aliphatic rings. The third-order valence-corrected chi connectivity index (χ3v) is 1.32. The molecule has 1 aromatic carbocycles. The first kappa shape index (κ1) is 10.2. The summed E-state index contributed by atoms with van der Waals surface area (Å²) in [5.74, 6) is 0. The van der Waals surface area contributed by atoms with Crippen molar-refractivity contribution in [3.63, 3.8) is 0 Å². The lowest BCUT2D eigenvalue weighted by Crippen LogP contribution is -1.94. The summed E-state index contributed by atoms with van der Waals surface area (Å²) in [7, 11) is 0. The molecule has 0 spiro atoms. The highest BCUT2D eigenvalue weighted by Crippen LogP contribution is 2.01. The maximum Gasteiger partial charge on any atom is 0.0991 e. The largest absolute Gasteiger partial charge is 0.326 e. The van der Waals surface area contributed by atoms with Gasteiger partial charge in [-0.05, 0) is 17.7 Å². The van der Waals surface area contributed by atoms with Crippen molar-refractivity contribution in [3.05, 3.63) is 35.4 Å². The van der Waals surface area contributed by atoms with E-state index in [1.54, 1.807) is 12.1 Å². The van der Waals surface area contributed by atoms with Gasteiger partial charge in [0.05, 0.1) is 11.6 Å². The van der Waals surface area contributed by atoms with Crippen LogP contribution in [0.2, 0.25) is 0 Å². The summed E-state index contributed by atoms with van der Waals surface area (Å²) in [5, 5.41) is 8.42. The van der Waals surface area contributed by atoms with Gasteiger partial charge in [-0.15, -0.1) is 17.0 Å². The second-order valence-corrected chi connectivity index (χ2v) is 2.01. The van der Waals surface area contributed by atoms with Crippen molar-refractivity contribution < 1.29 is 0 Å². The fourth-order valence-corrected chi connectivity index (χ4v) is 0.715. The normalized spacial score (nSPS) is 8.00. The molecule has 0 heterocycles. The van der Waals surface area contributed by atoms with Crippen molar-refractivity contribution >= 4 is 17.0 Å². The SMILES string of the molecule is Br.N#Cc1ccc(CN)cc1. The van der Waals surface area contributed by atoms with Gasteiger partial charge in [-0.2, -0.15) is 5.26 Å². The van der Waals surface area contributed by atoms with Crippen LogP contribution in [-0.2, 0) is 6.54 Å². The van der Waals surface area contributed by atoms with Gasteiger partial charge in [-0.25, -0.2) is 0 Å². The predicted molar refractivity (Wildman–Crippen MR) is 49.4 cm³/mol. The Morgan fingerprint density at radius 2 is 1.82 bits per heavy atom. The Bertz CT molecular complexity index is 248. The van der Waals surface area contributed by atoms with Gasteiger partial charge in [0.2, 0.25) is 0 Å². The molecule has 3 heteroatoms. The summed E-state index contributed by atoms with van der Waals surface area (Å²) < 4.78 is 0. The summed E-state index contributed by atoms with van der Waals surface area (Å²) in [5.41, 5.74) is 7.09. The van der Waals surface area contributed by atoms with Crippen molar-refractivity contribution in [2.75, 3.05) is 0 Å². The average molecular weight is 213 g/mol. The Balaban J connectivity index is 0.000001000. The highest BCUT2D eigenvalue weighted by Gasteiger charge is 1.88. The second-order valence-electron chi connectivity index (χ2n) is 2.01. The van der Waals surface area contributed by atoms with Crippen LogP contribution in [0.25, 0.3) is 0 Å². The number of hydrogen-bond acceptors (Lipinski definition) is 2. The minimum Gasteiger partial charge on any atom is -0.326 e. The summed E-state index contributed by atoms with van der Waals surface area (Å²) in [4.78, 5) is 0. The number of nitriles is 1. The first-order chi connectivity index (χ1) is 4.86. The quantitative estimate of drug-likeness (QED) is 0.770. The minimum absolute atomic E-state index is 0. The molecule has 2 nitrogen and oxygen atoms in total. The third-order valence-electron chi connectivity index (χ3n) is 1.32. The van der Waals surface area contributed by atoms with Crippen LogP contribution in [0.5, 0.6) is 0 Å². The standard InChI is InChI=1S/C8H8N2.BrH/c9-5-7-1-2-8(6-10)4-3-7;/h1-4H,5,9H2;1H. The molecule has 0 aliphatic carbocycles. The first-order valence-corrected chi connectivity index (χ1v) is 3.06. The molecule has 11 heavy (non-hydrogen) atoms. The molecule has 0 saturated heterocycles. The number of halogens is 1. The van der Waals surface area contributed by atoms with E-state index in [9.17, 15) is 0 Å². The van der Waals surface area contributed by atoms with E-state index in [0.717, 1.165) is 5.56 Å². The molecule has 0 bridgehead atoms. The zero-order chi connectivity index (χ0) is 7.40. The van der Waals surface area contributed by atoms with Gasteiger partial charge in [0, 0.05) is 6.54 Å². The molecule has 2 N–H and O–H groups in total. The fraction of sp³-hybridized carbons (Fsp3) is 0.125. The lowest BCUT2D eigenvalue weighted by molar-refractivity contribution is 1.07. The molecule has 0 unspecified atom stereocenters. The summed E-state index contributed by atoms with van der Waals surface area (Å²) in [6.07, 6.45) is 0. The van der Waals surface area contributed by atoms with E-state index >= 15 is 0 Å². The predicted octanol–water partition coefficient (Wildman–Crippen LogP) is 1.59. The Morgan fingerprint density at radius 1 is 1.27 bits per heavy atom. The van der Waals surface area contributed by atoms with Crippen LogP contribution >= 0.6 is 17.0 Å². The average Bonchev–Trinajstić information content (AvgIpc) is 2.05. The Labute approximate surface area is 76.4 Å². The Morgan fingerprint density at radius 3 is 2.18 bits per heavy atom. The van der Waals surface area contributed by atoms with E-state index in [1.807, 2.05) is 18.2 Å². The van der Waals surface area contributed by atoms with E-state index in [4.69, 9.17) is 11.0 Å². The van der Waals surface area contributed by atoms with E-state index in [0.29, 0.717) is 12.1 Å². The van der Waals surface area contributed by atoms with Gasteiger partial charge in [0.25, 0.3) is 0 Å². The van der Waals surface area contributed by atoms with Gasteiger partial charge in [-0.3, -0.25) is 0 Å². The van der Waals surface area contributed by atoms with E-state index in [-0.39, 0.29) is 17.0 Å². The van der Waals surface area contributed by atoms with Gasteiger partial charge in [-0.1, -0.05) is 12.1 Å². The topological polar surface area (TPSA) is 49.8 Å². The van der Waals surface area contributed by atoms with Crippen molar-refractivity contribution in [2.45, 2.75) is 6.54 Å². The van der Waals surface area contributed by atoms with Crippen molar-refractivity contribution in [1.29, 1.82) is 5.26 Å². The number of nitrogens with two attached hydrogens (primary N) is 1. The molecule has 0 aromatic heterocycles. The molecule has 1 aromatic rings. The van der Waals surface area contributed by atoms with Gasteiger partial charge in [0.1, 0.15) is 0 Å². The lowest BCUT2D eigenvalue weighted by atomic mass is 10.1. The minimum atomic E-state index is 0. The fourth-order valence-electron chi connectivity index (χ4n) is 0.715. The Kier molecular flexibility index (Phi) is 4.51. The third kappa shape index (κ3) is 2.71. The van der Waals surface area contributed by atoms with Crippen LogP contribution in [0.4, 0.5) is 0 Å². The second kappa shape index (κ2) is 4.89. The highest BCUT2D eigenvalue weighted by molar-refractivity contribution is 8.93. The first-order valence-electron chi connectivity index (χ1n) is 3.06. The zero-order valence-electron chi connectivity index (χ0n) is 5.95. The zero-order valence-corrected chi connectivity index (χ0v) is 7.66. The molecule has 0 atom stereocenters. The van der Waals surface area contributed by atoms with Crippen LogP contribution in [0, 0.1) is 11.3 Å². The molecule has 0 aliphatic heterocycles. The number of benzene rings is 1. The van der Waals surface area contributed by atoms with E-state index in [1.165, 1.54) is 0 Å². The summed E-state index contributed by atoms with van der Waals surface area (Å²) in [6.45, 7) is 0.533. The molecule has 0 fully saturated rings.